The molecule has 1 aromatic rings. The van der Waals surface area contributed by atoms with Gasteiger partial charge in [-0.05, 0) is 28.9 Å². The van der Waals surface area contributed by atoms with E-state index in [4.69, 9.17) is 5.11 Å². The van der Waals surface area contributed by atoms with Crippen molar-refractivity contribution in [3.63, 3.8) is 0 Å². The molecule has 0 amide bonds. The van der Waals surface area contributed by atoms with Crippen LogP contribution >= 0.6 is 15.9 Å². The molecule has 0 aliphatic rings. The normalized spacial score (nSPS) is 13.1. The maximum atomic E-state index is 13.0. The highest BCUT2D eigenvalue weighted by atomic mass is 79.9. The van der Waals surface area contributed by atoms with Crippen molar-refractivity contribution in [2.45, 2.75) is 13.0 Å². The summed E-state index contributed by atoms with van der Waals surface area (Å²) in [7, 11) is 0. The van der Waals surface area contributed by atoms with E-state index in [1.54, 1.807) is 18.2 Å². The minimum Gasteiger partial charge on any atom is -0.389 e. The lowest BCUT2D eigenvalue weighted by atomic mass is 10.1. The molecule has 11 heavy (non-hydrogen) atoms. The van der Waals surface area contributed by atoms with Crippen LogP contribution in [0, 0.1) is 5.82 Å². The van der Waals surface area contributed by atoms with E-state index in [2.05, 4.69) is 15.9 Å². The molecule has 1 unspecified atom stereocenters. The quantitative estimate of drug-likeness (QED) is 0.769. The van der Waals surface area contributed by atoms with E-state index in [1.807, 2.05) is 0 Å². The molecule has 0 bridgehead atoms. The van der Waals surface area contributed by atoms with Gasteiger partial charge in [-0.1, -0.05) is 12.1 Å². The van der Waals surface area contributed by atoms with E-state index in [0.717, 1.165) is 0 Å². The molecule has 0 heterocycles. The third-order valence-electron chi connectivity index (χ3n) is 1.43. The molecule has 0 spiro atoms. The number of halogens is 2. The lowest BCUT2D eigenvalue weighted by Crippen LogP contribution is -1.95. The van der Waals surface area contributed by atoms with Gasteiger partial charge in [-0.2, -0.15) is 0 Å². The van der Waals surface area contributed by atoms with Crippen molar-refractivity contribution in [1.29, 1.82) is 0 Å². The molecule has 3 heteroatoms. The van der Waals surface area contributed by atoms with Crippen LogP contribution < -0.4 is 0 Å². The minimum absolute atomic E-state index is 0.319. The van der Waals surface area contributed by atoms with E-state index < -0.39 is 6.10 Å². The lowest BCUT2D eigenvalue weighted by molar-refractivity contribution is 0.194. The van der Waals surface area contributed by atoms with Crippen LogP contribution in [0.3, 0.4) is 0 Å². The zero-order valence-corrected chi connectivity index (χ0v) is 7.60. The van der Waals surface area contributed by atoms with Crippen LogP contribution in [0.5, 0.6) is 0 Å². The van der Waals surface area contributed by atoms with Crippen LogP contribution in [-0.2, 0) is 0 Å². The predicted octanol–water partition coefficient (Wildman–Crippen LogP) is 2.64. The van der Waals surface area contributed by atoms with Crippen molar-refractivity contribution in [3.8, 4) is 0 Å². The monoisotopic (exact) mass is 218 g/mol. The summed E-state index contributed by atoms with van der Waals surface area (Å²) in [5.41, 5.74) is 0.319. The maximum Gasteiger partial charge on any atom is 0.143 e. The van der Waals surface area contributed by atoms with Gasteiger partial charge < -0.3 is 5.11 Å². The van der Waals surface area contributed by atoms with Crippen molar-refractivity contribution in [1.82, 2.24) is 0 Å². The number of hydrogen-bond acceptors (Lipinski definition) is 1. The van der Waals surface area contributed by atoms with Crippen molar-refractivity contribution in [3.05, 3.63) is 34.1 Å². The average molecular weight is 219 g/mol. The van der Waals surface area contributed by atoms with Crippen molar-refractivity contribution >= 4 is 15.9 Å². The Kier molecular flexibility index (Phi) is 2.62. The summed E-state index contributed by atoms with van der Waals surface area (Å²) in [4.78, 5) is 0. The second kappa shape index (κ2) is 3.32. The zero-order chi connectivity index (χ0) is 8.43. The van der Waals surface area contributed by atoms with E-state index in [-0.39, 0.29) is 5.82 Å². The third kappa shape index (κ3) is 1.79. The Balaban J connectivity index is 3.17. The second-order valence-corrected chi connectivity index (χ2v) is 3.17. The predicted molar refractivity (Wildman–Crippen MR) is 44.7 cm³/mol. The molecule has 0 saturated carbocycles. The molecule has 0 saturated heterocycles. The maximum absolute atomic E-state index is 13.0. The lowest BCUT2D eigenvalue weighted by Gasteiger charge is -2.06. The molecular formula is C8H8BrFO. The molecule has 60 valence electrons. The van der Waals surface area contributed by atoms with E-state index >= 15 is 0 Å². The number of rotatable bonds is 1. The SMILES string of the molecule is CC(O)c1cccc(Br)c1F. The molecule has 0 aromatic heterocycles. The topological polar surface area (TPSA) is 20.2 Å². The Hall–Kier alpha value is -0.410. The molecule has 0 radical (unpaired) electrons. The van der Waals surface area contributed by atoms with Gasteiger partial charge in [0.05, 0.1) is 10.6 Å². The van der Waals surface area contributed by atoms with Gasteiger partial charge in [0.1, 0.15) is 5.82 Å². The summed E-state index contributed by atoms with van der Waals surface area (Å²) in [6, 6.07) is 4.85. The summed E-state index contributed by atoms with van der Waals surface area (Å²) in [5.74, 6) is -0.387. The Morgan fingerprint density at radius 1 is 1.55 bits per heavy atom. The van der Waals surface area contributed by atoms with Crippen LogP contribution in [0.15, 0.2) is 22.7 Å². The van der Waals surface area contributed by atoms with Crippen molar-refractivity contribution < 1.29 is 9.50 Å². The van der Waals surface area contributed by atoms with E-state index in [9.17, 15) is 4.39 Å². The highest BCUT2D eigenvalue weighted by Gasteiger charge is 2.09. The summed E-state index contributed by atoms with van der Waals surface area (Å²) in [6.45, 7) is 1.53. The third-order valence-corrected chi connectivity index (χ3v) is 2.04. The van der Waals surface area contributed by atoms with Crippen LogP contribution in [0.25, 0.3) is 0 Å². The molecule has 0 aliphatic carbocycles. The van der Waals surface area contributed by atoms with Crippen molar-refractivity contribution in [2.24, 2.45) is 0 Å². The van der Waals surface area contributed by atoms with Crippen LogP contribution in [0.1, 0.15) is 18.6 Å². The molecule has 1 atom stereocenters. The van der Waals surface area contributed by atoms with Crippen molar-refractivity contribution in [2.75, 3.05) is 0 Å². The molecule has 0 fully saturated rings. The first-order valence-corrected chi connectivity index (χ1v) is 4.04. The number of aliphatic hydroxyl groups is 1. The first-order chi connectivity index (χ1) is 5.13. The Morgan fingerprint density at radius 2 is 2.18 bits per heavy atom. The summed E-state index contributed by atoms with van der Waals surface area (Å²) in [5, 5.41) is 9.07. The Labute approximate surface area is 73.0 Å². The second-order valence-electron chi connectivity index (χ2n) is 2.32. The van der Waals surface area contributed by atoms with E-state index in [0.29, 0.717) is 10.0 Å². The standard InChI is InChI=1S/C8H8BrFO/c1-5(11)6-3-2-4-7(9)8(6)10/h2-5,11H,1H3. The summed E-state index contributed by atoms with van der Waals surface area (Å²) >= 11 is 3.03. The van der Waals surface area contributed by atoms with Gasteiger partial charge in [0, 0.05) is 5.56 Å². The van der Waals surface area contributed by atoms with E-state index in [1.165, 1.54) is 6.92 Å². The molecule has 1 aromatic carbocycles. The molecular weight excluding hydrogens is 211 g/mol. The molecule has 0 aliphatic heterocycles. The Morgan fingerprint density at radius 3 is 2.64 bits per heavy atom. The average Bonchev–Trinajstić information content (AvgIpc) is 1.94. The number of hydrogen-bond donors (Lipinski definition) is 1. The minimum atomic E-state index is -0.757. The van der Waals surface area contributed by atoms with Gasteiger partial charge in [-0.15, -0.1) is 0 Å². The highest BCUT2D eigenvalue weighted by Crippen LogP contribution is 2.22. The largest absolute Gasteiger partial charge is 0.389 e. The number of aliphatic hydroxyl groups excluding tert-OH is 1. The highest BCUT2D eigenvalue weighted by molar-refractivity contribution is 9.10. The Bertz CT molecular complexity index is 260. The van der Waals surface area contributed by atoms with Crippen LogP contribution in [-0.4, -0.2) is 5.11 Å². The van der Waals surface area contributed by atoms with Crippen LogP contribution in [0.4, 0.5) is 4.39 Å². The molecule has 1 N–H and O–H groups in total. The zero-order valence-electron chi connectivity index (χ0n) is 6.01. The van der Waals surface area contributed by atoms with Gasteiger partial charge in [0.25, 0.3) is 0 Å². The fourth-order valence-corrected chi connectivity index (χ4v) is 1.22. The van der Waals surface area contributed by atoms with Gasteiger partial charge in [0.2, 0.25) is 0 Å². The fourth-order valence-electron chi connectivity index (χ4n) is 0.843. The molecule has 1 rings (SSSR count). The number of benzene rings is 1. The summed E-state index contributed by atoms with van der Waals surface area (Å²) < 4.78 is 13.4. The van der Waals surface area contributed by atoms with Crippen LogP contribution in [0.2, 0.25) is 0 Å². The fraction of sp³-hybridized carbons (Fsp3) is 0.250. The summed E-state index contributed by atoms with van der Waals surface area (Å²) in [6.07, 6.45) is -0.757. The van der Waals surface area contributed by atoms with Gasteiger partial charge in [-0.25, -0.2) is 4.39 Å². The molecule has 1 nitrogen and oxygen atoms in total. The smallest absolute Gasteiger partial charge is 0.143 e. The van der Waals surface area contributed by atoms with Gasteiger partial charge in [-0.3, -0.25) is 0 Å². The first-order valence-electron chi connectivity index (χ1n) is 3.25. The van der Waals surface area contributed by atoms with Gasteiger partial charge in [0.15, 0.2) is 0 Å². The first kappa shape index (κ1) is 8.68. The van der Waals surface area contributed by atoms with Gasteiger partial charge >= 0.3 is 0 Å².